The van der Waals surface area contributed by atoms with Crippen LogP contribution in [-0.4, -0.2) is 0 Å². The summed E-state index contributed by atoms with van der Waals surface area (Å²) in [5.74, 6) is -11.4. The normalized spacial score (nSPS) is 10.6. The Bertz CT molecular complexity index is 677. The summed E-state index contributed by atoms with van der Waals surface area (Å²) in [5.41, 5.74) is -1.56. The van der Waals surface area contributed by atoms with Crippen molar-refractivity contribution in [3.63, 3.8) is 0 Å². The maximum Gasteiger partial charge on any atom is 0.197 e. The first kappa shape index (κ1) is 20.9. The van der Waals surface area contributed by atoms with Crippen molar-refractivity contribution in [2.75, 3.05) is 0 Å². The van der Waals surface area contributed by atoms with Crippen molar-refractivity contribution >= 4 is 0 Å². The highest BCUT2D eigenvalue weighted by molar-refractivity contribution is 5.30. The van der Waals surface area contributed by atoms with Crippen molar-refractivity contribution in [3.05, 3.63) is 68.8 Å². The molecule has 0 nitrogen and oxygen atoms in total. The lowest BCUT2D eigenvalue weighted by atomic mass is 10.1. The van der Waals surface area contributed by atoms with Crippen LogP contribution < -0.4 is 0 Å². The van der Waals surface area contributed by atoms with E-state index in [9.17, 15) is 35.1 Å². The minimum Gasteiger partial charge on any atom is -0.203 e. The van der Waals surface area contributed by atoms with Crippen LogP contribution in [0.4, 0.5) is 35.1 Å². The van der Waals surface area contributed by atoms with Crippen LogP contribution in [0.1, 0.15) is 29.2 Å². The summed E-state index contributed by atoms with van der Waals surface area (Å²) in [4.78, 5) is 0. The van der Waals surface area contributed by atoms with E-state index in [4.69, 9.17) is 0 Å². The molecule has 0 radical (unpaired) electrons. The van der Waals surface area contributed by atoms with Gasteiger partial charge < -0.3 is 0 Å². The Balaban J connectivity index is 0.000000251. The molecule has 0 aliphatic carbocycles. The van der Waals surface area contributed by atoms with Gasteiger partial charge in [-0.3, -0.25) is 0 Å². The van der Waals surface area contributed by atoms with Crippen molar-refractivity contribution in [3.8, 4) is 0 Å². The quantitative estimate of drug-likeness (QED) is 0.329. The van der Waals surface area contributed by atoms with E-state index in [0.717, 1.165) is 6.92 Å². The van der Waals surface area contributed by atoms with Gasteiger partial charge in [-0.25, -0.2) is 35.1 Å². The highest BCUT2D eigenvalue weighted by atomic mass is 19.2. The molecule has 0 amide bonds. The summed E-state index contributed by atoms with van der Waals surface area (Å²) in [7, 11) is 0. The van der Waals surface area contributed by atoms with Gasteiger partial charge in [0.1, 0.15) is 0 Å². The summed E-state index contributed by atoms with van der Waals surface area (Å²) in [6, 6.07) is 0. The van der Waals surface area contributed by atoms with Crippen LogP contribution in [0, 0.1) is 67.3 Å². The highest BCUT2D eigenvalue weighted by Gasteiger charge is 2.21. The second-order valence-corrected chi connectivity index (χ2v) is 5.22. The lowest BCUT2D eigenvalue weighted by molar-refractivity contribution is 0.402. The van der Waals surface area contributed by atoms with E-state index in [2.05, 4.69) is 0 Å². The zero-order valence-corrected chi connectivity index (χ0v) is 13.7. The van der Waals surface area contributed by atoms with Gasteiger partial charge in [0.15, 0.2) is 46.5 Å². The standard InChI is InChI=1S/C9H8F4.C8H6F4/c1-3-5-8(12)6(10)4(2)7(11)9(5)13;1-3-4(2)6(10)8(12)7(11)5(3)9/h3H2,1-2H3;1-2H3. The Kier molecular flexibility index (Phi) is 6.56. The van der Waals surface area contributed by atoms with Crippen LogP contribution in [0.2, 0.25) is 0 Å². The molecule has 2 aromatic rings. The van der Waals surface area contributed by atoms with Crippen molar-refractivity contribution in [2.24, 2.45) is 0 Å². The van der Waals surface area contributed by atoms with Gasteiger partial charge in [-0.1, -0.05) is 6.92 Å². The SMILES string of the molecule is CCc1c(F)c(F)c(C)c(F)c1F.Cc1c(C)c(F)c(F)c(F)c1F. The Morgan fingerprint density at radius 1 is 0.440 bits per heavy atom. The maximum atomic E-state index is 12.9. The van der Waals surface area contributed by atoms with E-state index in [1.54, 1.807) is 0 Å². The third kappa shape index (κ3) is 3.77. The molecule has 8 heteroatoms. The second kappa shape index (κ2) is 7.84. The van der Waals surface area contributed by atoms with Gasteiger partial charge in [0.25, 0.3) is 0 Å². The molecule has 0 aromatic heterocycles. The zero-order chi connectivity index (χ0) is 19.6. The molecule has 0 bridgehead atoms. The maximum absolute atomic E-state index is 12.9. The molecule has 0 saturated heterocycles. The van der Waals surface area contributed by atoms with Crippen LogP contribution in [-0.2, 0) is 6.42 Å². The van der Waals surface area contributed by atoms with Gasteiger partial charge in [-0.05, 0) is 38.3 Å². The van der Waals surface area contributed by atoms with Gasteiger partial charge in [0.05, 0.1) is 0 Å². The topological polar surface area (TPSA) is 0 Å². The number of hydrogen-bond acceptors (Lipinski definition) is 0. The van der Waals surface area contributed by atoms with Crippen LogP contribution in [0.3, 0.4) is 0 Å². The van der Waals surface area contributed by atoms with E-state index in [0.29, 0.717) is 0 Å². The molecule has 25 heavy (non-hydrogen) atoms. The number of benzene rings is 2. The third-order valence-electron chi connectivity index (χ3n) is 3.73. The third-order valence-corrected chi connectivity index (χ3v) is 3.73. The second-order valence-electron chi connectivity index (χ2n) is 5.22. The molecule has 2 rings (SSSR count). The van der Waals surface area contributed by atoms with Crippen LogP contribution in [0.15, 0.2) is 0 Å². The van der Waals surface area contributed by atoms with Crippen molar-refractivity contribution in [1.29, 1.82) is 0 Å². The Morgan fingerprint density at radius 3 is 1.00 bits per heavy atom. The van der Waals surface area contributed by atoms with Crippen LogP contribution >= 0.6 is 0 Å². The summed E-state index contributed by atoms with van der Waals surface area (Å²) in [6.45, 7) is 4.80. The molecule has 138 valence electrons. The minimum atomic E-state index is -1.75. The predicted octanol–water partition coefficient (Wildman–Crippen LogP) is 5.97. The van der Waals surface area contributed by atoms with Gasteiger partial charge in [-0.2, -0.15) is 0 Å². The molecule has 0 aliphatic rings. The fraction of sp³-hybridized carbons (Fsp3) is 0.294. The molecule has 0 aliphatic heterocycles. The van der Waals surface area contributed by atoms with E-state index in [1.807, 2.05) is 0 Å². The van der Waals surface area contributed by atoms with Crippen molar-refractivity contribution in [1.82, 2.24) is 0 Å². The van der Waals surface area contributed by atoms with Crippen molar-refractivity contribution in [2.45, 2.75) is 34.1 Å². The number of hydrogen-bond donors (Lipinski definition) is 0. The summed E-state index contributed by atoms with van der Waals surface area (Å²) in [6.07, 6.45) is -0.0776. The first-order valence-electron chi connectivity index (χ1n) is 7.07. The molecular weight excluding hydrogens is 356 g/mol. The van der Waals surface area contributed by atoms with E-state index in [-0.39, 0.29) is 17.5 Å². The monoisotopic (exact) mass is 370 g/mol. The molecule has 2 aromatic carbocycles. The van der Waals surface area contributed by atoms with Gasteiger partial charge >= 0.3 is 0 Å². The predicted molar refractivity (Wildman–Crippen MR) is 76.1 cm³/mol. The van der Waals surface area contributed by atoms with Crippen LogP contribution in [0.25, 0.3) is 0 Å². The van der Waals surface area contributed by atoms with Gasteiger partial charge in [0.2, 0.25) is 0 Å². The molecule has 0 fully saturated rings. The Labute approximate surface area is 139 Å². The molecule has 0 heterocycles. The fourth-order valence-corrected chi connectivity index (χ4v) is 1.95. The lowest BCUT2D eigenvalue weighted by Crippen LogP contribution is -2.05. The largest absolute Gasteiger partial charge is 0.203 e. The van der Waals surface area contributed by atoms with E-state index < -0.39 is 57.7 Å². The van der Waals surface area contributed by atoms with Crippen LogP contribution in [0.5, 0.6) is 0 Å². The fourth-order valence-electron chi connectivity index (χ4n) is 1.95. The summed E-state index contributed by atoms with van der Waals surface area (Å²) in [5, 5.41) is 0. The Hall–Kier alpha value is -2.12. The van der Waals surface area contributed by atoms with Gasteiger partial charge in [0, 0.05) is 11.1 Å². The summed E-state index contributed by atoms with van der Waals surface area (Å²) < 4.78 is 102. The van der Waals surface area contributed by atoms with Crippen molar-refractivity contribution < 1.29 is 35.1 Å². The average Bonchev–Trinajstić information content (AvgIpc) is 2.61. The molecule has 0 spiro atoms. The lowest BCUT2D eigenvalue weighted by Gasteiger charge is -2.07. The highest BCUT2D eigenvalue weighted by Crippen LogP contribution is 2.24. The molecule has 0 N–H and O–H groups in total. The first-order valence-corrected chi connectivity index (χ1v) is 7.07. The summed E-state index contributed by atoms with van der Waals surface area (Å²) >= 11 is 0. The Morgan fingerprint density at radius 2 is 0.720 bits per heavy atom. The molecule has 0 saturated carbocycles. The molecule has 0 atom stereocenters. The molecule has 0 unspecified atom stereocenters. The zero-order valence-electron chi connectivity index (χ0n) is 13.7. The number of halogens is 8. The van der Waals surface area contributed by atoms with E-state index >= 15 is 0 Å². The van der Waals surface area contributed by atoms with Gasteiger partial charge in [-0.15, -0.1) is 0 Å². The number of rotatable bonds is 1. The smallest absolute Gasteiger partial charge is 0.197 e. The first-order chi connectivity index (χ1) is 11.5. The minimum absolute atomic E-state index is 0.0776. The molecular formula is C17H14F8. The average molecular weight is 370 g/mol. The van der Waals surface area contributed by atoms with E-state index in [1.165, 1.54) is 20.8 Å².